The molecule has 0 bridgehead atoms. The second kappa shape index (κ2) is 6.56. The van der Waals surface area contributed by atoms with Gasteiger partial charge in [0.25, 0.3) is 0 Å². The van der Waals surface area contributed by atoms with Crippen LogP contribution in [0.1, 0.15) is 5.82 Å². The average molecular weight is 407 g/mol. The average Bonchev–Trinajstić information content (AvgIpc) is 3.50. The summed E-state index contributed by atoms with van der Waals surface area (Å²) in [6.45, 7) is 1.97. The predicted molar refractivity (Wildman–Crippen MR) is 117 cm³/mol. The highest BCUT2D eigenvalue weighted by molar-refractivity contribution is 5.96. The largest absolute Gasteiger partial charge is 0.336 e. The first-order chi connectivity index (χ1) is 15.2. The van der Waals surface area contributed by atoms with E-state index in [9.17, 15) is 0 Å². The lowest BCUT2D eigenvalue weighted by Gasteiger charge is -2.03. The number of nitrogens with zero attached hydrogens (tertiary/aromatic N) is 7. The summed E-state index contributed by atoms with van der Waals surface area (Å²) in [6.07, 6.45) is 8.94. The van der Waals surface area contributed by atoms with Crippen molar-refractivity contribution >= 4 is 22.1 Å². The molecule has 2 N–H and O–H groups in total. The zero-order valence-electron chi connectivity index (χ0n) is 16.8. The summed E-state index contributed by atoms with van der Waals surface area (Å²) in [7, 11) is 1.99. The van der Waals surface area contributed by atoms with E-state index >= 15 is 0 Å². The van der Waals surface area contributed by atoms with E-state index < -0.39 is 0 Å². The first-order valence-electron chi connectivity index (χ1n) is 9.77. The van der Waals surface area contributed by atoms with Gasteiger partial charge in [0.15, 0.2) is 11.5 Å². The summed E-state index contributed by atoms with van der Waals surface area (Å²) in [6, 6.07) is 7.82. The van der Waals surface area contributed by atoms with Crippen molar-refractivity contribution in [2.45, 2.75) is 6.92 Å². The van der Waals surface area contributed by atoms with Crippen LogP contribution in [-0.4, -0.2) is 44.7 Å². The van der Waals surface area contributed by atoms with Crippen LogP contribution in [0, 0.1) is 6.92 Å². The fourth-order valence-electron chi connectivity index (χ4n) is 3.76. The Hall–Kier alpha value is -4.40. The quantitative estimate of drug-likeness (QED) is 0.463. The highest BCUT2D eigenvalue weighted by Gasteiger charge is 2.17. The SMILES string of the molecule is Cc1ncc(-c2cnc3[nH]nc(-c4nc5c(-c6ccncc6)nccc5[nH]4)c3c2)n1C. The second-order valence-electron chi connectivity index (χ2n) is 7.32. The summed E-state index contributed by atoms with van der Waals surface area (Å²) in [5.41, 5.74) is 6.80. The Labute approximate surface area is 176 Å². The standard InChI is InChI=1S/C22H17N9/c1-12-25-11-17(31(12)2)14-9-15-19(29-30-21(15)26-10-14)22-27-16-5-8-24-18(20(16)28-22)13-3-6-23-7-4-13/h3-11H,1-2H3,(H,27,28)(H,26,29,30). The molecule has 0 spiro atoms. The molecule has 0 aromatic carbocycles. The molecule has 6 heterocycles. The van der Waals surface area contributed by atoms with Crippen LogP contribution in [0.3, 0.4) is 0 Å². The van der Waals surface area contributed by atoms with Gasteiger partial charge in [0.05, 0.1) is 28.5 Å². The number of pyridine rings is 3. The second-order valence-corrected chi connectivity index (χ2v) is 7.32. The molecule has 0 radical (unpaired) electrons. The number of fused-ring (bicyclic) bond motifs is 2. The lowest BCUT2D eigenvalue weighted by atomic mass is 10.1. The number of aryl methyl sites for hydroxylation is 1. The molecular formula is C22H17N9. The van der Waals surface area contributed by atoms with Crippen molar-refractivity contribution < 1.29 is 0 Å². The van der Waals surface area contributed by atoms with Crippen molar-refractivity contribution in [1.82, 2.24) is 44.7 Å². The molecule has 6 aromatic rings. The third kappa shape index (κ3) is 2.71. The van der Waals surface area contributed by atoms with E-state index in [0.717, 1.165) is 44.8 Å². The Morgan fingerprint density at radius 2 is 1.77 bits per heavy atom. The van der Waals surface area contributed by atoms with Crippen LogP contribution in [0.15, 0.2) is 55.2 Å². The lowest BCUT2D eigenvalue weighted by Crippen LogP contribution is -1.94. The Morgan fingerprint density at radius 1 is 0.903 bits per heavy atom. The molecule has 0 unspecified atom stereocenters. The third-order valence-corrected chi connectivity index (χ3v) is 5.51. The van der Waals surface area contributed by atoms with Crippen LogP contribution in [-0.2, 0) is 7.05 Å². The number of nitrogens with one attached hydrogen (secondary N) is 2. The minimum Gasteiger partial charge on any atom is -0.336 e. The summed E-state index contributed by atoms with van der Waals surface area (Å²) < 4.78 is 2.04. The fraction of sp³-hybridized carbons (Fsp3) is 0.0909. The van der Waals surface area contributed by atoms with Crippen LogP contribution in [0.2, 0.25) is 0 Å². The van der Waals surface area contributed by atoms with E-state index in [0.29, 0.717) is 17.2 Å². The van der Waals surface area contributed by atoms with E-state index in [1.165, 1.54) is 0 Å². The van der Waals surface area contributed by atoms with Gasteiger partial charge in [-0.2, -0.15) is 5.10 Å². The summed E-state index contributed by atoms with van der Waals surface area (Å²) in [5, 5.41) is 8.38. The molecule has 0 fully saturated rings. The third-order valence-electron chi connectivity index (χ3n) is 5.51. The molecular weight excluding hydrogens is 390 g/mol. The van der Waals surface area contributed by atoms with Gasteiger partial charge in [0.1, 0.15) is 17.0 Å². The van der Waals surface area contributed by atoms with E-state index in [-0.39, 0.29) is 0 Å². The van der Waals surface area contributed by atoms with Gasteiger partial charge < -0.3 is 9.55 Å². The molecule has 0 amide bonds. The normalized spacial score (nSPS) is 11.5. The number of aromatic amines is 2. The highest BCUT2D eigenvalue weighted by atomic mass is 15.2. The molecule has 0 saturated carbocycles. The Bertz CT molecular complexity index is 1560. The summed E-state index contributed by atoms with van der Waals surface area (Å²) in [5.74, 6) is 1.60. The van der Waals surface area contributed by atoms with Crippen LogP contribution < -0.4 is 0 Å². The monoisotopic (exact) mass is 407 g/mol. The first kappa shape index (κ1) is 17.5. The van der Waals surface area contributed by atoms with Crippen molar-refractivity contribution in [2.24, 2.45) is 7.05 Å². The van der Waals surface area contributed by atoms with E-state index in [1.807, 2.05) is 49.1 Å². The fourth-order valence-corrected chi connectivity index (χ4v) is 3.76. The van der Waals surface area contributed by atoms with Gasteiger partial charge in [-0.15, -0.1) is 0 Å². The maximum absolute atomic E-state index is 4.84. The molecule has 0 aliphatic carbocycles. The molecule has 6 aromatic heterocycles. The summed E-state index contributed by atoms with van der Waals surface area (Å²) >= 11 is 0. The van der Waals surface area contributed by atoms with Crippen LogP contribution in [0.4, 0.5) is 0 Å². The number of rotatable bonds is 3. The number of H-pyrrole nitrogens is 2. The minimum absolute atomic E-state index is 0.657. The molecule has 0 atom stereocenters. The smallest absolute Gasteiger partial charge is 0.159 e. The Morgan fingerprint density at radius 3 is 2.58 bits per heavy atom. The number of hydrogen-bond donors (Lipinski definition) is 2. The predicted octanol–water partition coefficient (Wildman–Crippen LogP) is 3.67. The van der Waals surface area contributed by atoms with Gasteiger partial charge in [-0.1, -0.05) is 0 Å². The Balaban J connectivity index is 1.52. The molecule has 0 saturated heterocycles. The number of hydrogen-bond acceptors (Lipinski definition) is 6. The van der Waals surface area contributed by atoms with Crippen molar-refractivity contribution in [3.63, 3.8) is 0 Å². The minimum atomic E-state index is 0.657. The maximum Gasteiger partial charge on any atom is 0.159 e. The van der Waals surface area contributed by atoms with Gasteiger partial charge >= 0.3 is 0 Å². The summed E-state index contributed by atoms with van der Waals surface area (Å²) in [4.78, 5) is 25.8. The van der Waals surface area contributed by atoms with E-state index in [2.05, 4.69) is 41.2 Å². The van der Waals surface area contributed by atoms with Crippen LogP contribution in [0.25, 0.3) is 56.1 Å². The van der Waals surface area contributed by atoms with Crippen molar-refractivity contribution in [2.75, 3.05) is 0 Å². The highest BCUT2D eigenvalue weighted by Crippen LogP contribution is 2.31. The van der Waals surface area contributed by atoms with Crippen molar-refractivity contribution in [1.29, 1.82) is 0 Å². The lowest BCUT2D eigenvalue weighted by molar-refractivity contribution is 0.865. The van der Waals surface area contributed by atoms with Gasteiger partial charge in [-0.05, 0) is 31.2 Å². The zero-order valence-corrected chi connectivity index (χ0v) is 16.8. The van der Waals surface area contributed by atoms with Crippen molar-refractivity contribution in [3.05, 3.63) is 61.1 Å². The van der Waals surface area contributed by atoms with Crippen molar-refractivity contribution in [3.8, 4) is 34.0 Å². The maximum atomic E-state index is 4.84. The number of imidazole rings is 2. The van der Waals surface area contributed by atoms with Gasteiger partial charge in [0.2, 0.25) is 0 Å². The zero-order chi connectivity index (χ0) is 20.9. The topological polar surface area (TPSA) is 114 Å². The molecule has 0 aliphatic rings. The van der Waals surface area contributed by atoms with E-state index in [1.54, 1.807) is 18.6 Å². The first-order valence-corrected chi connectivity index (χ1v) is 9.77. The number of aromatic nitrogens is 9. The molecule has 9 nitrogen and oxygen atoms in total. The van der Waals surface area contributed by atoms with Crippen LogP contribution in [0.5, 0.6) is 0 Å². The van der Waals surface area contributed by atoms with E-state index in [4.69, 9.17) is 4.98 Å². The van der Waals surface area contributed by atoms with Gasteiger partial charge in [-0.3, -0.25) is 15.1 Å². The van der Waals surface area contributed by atoms with Crippen LogP contribution >= 0.6 is 0 Å². The Kier molecular flexibility index (Phi) is 3.69. The molecule has 0 aliphatic heterocycles. The molecule has 6 rings (SSSR count). The molecule has 31 heavy (non-hydrogen) atoms. The molecule has 150 valence electrons. The molecule has 9 heteroatoms. The van der Waals surface area contributed by atoms with Gasteiger partial charge in [0, 0.05) is 43.0 Å². The van der Waals surface area contributed by atoms with Gasteiger partial charge in [-0.25, -0.2) is 15.0 Å².